The van der Waals surface area contributed by atoms with Crippen LogP contribution in [0.25, 0.3) is 0 Å². The Kier molecular flexibility index (Phi) is 13.1. The van der Waals surface area contributed by atoms with Crippen LogP contribution in [0.15, 0.2) is 12.7 Å². The molecule has 34 heteroatoms. The Bertz CT molecular complexity index is 1290. The fourth-order valence-electron chi connectivity index (χ4n) is 3.85. The van der Waals surface area contributed by atoms with Crippen molar-refractivity contribution in [2.24, 2.45) is 5.92 Å². The predicted octanol–water partition coefficient (Wildman–Crippen LogP) is 13.0. The Morgan fingerprint density at radius 2 is 0.429 bits per heavy atom. The Morgan fingerprint density at radius 3 is 0.589 bits per heavy atom. The highest BCUT2D eigenvalue weighted by atomic mass is 19.4. The van der Waals surface area contributed by atoms with Gasteiger partial charge < -0.3 is 0 Å². The van der Waals surface area contributed by atoms with E-state index in [2.05, 4.69) is 6.58 Å². The molecule has 56 heavy (non-hydrogen) atoms. The molecule has 0 N–H and O–H groups in total. The first-order valence-electron chi connectivity index (χ1n) is 12.7. The molecule has 0 nitrogen and oxygen atoms in total. The van der Waals surface area contributed by atoms with Crippen LogP contribution in [0.5, 0.6) is 0 Å². The second-order valence-corrected chi connectivity index (χ2v) is 11.1. The molecule has 0 radical (unpaired) electrons. The van der Waals surface area contributed by atoms with Crippen molar-refractivity contribution in [1.29, 1.82) is 0 Å². The van der Waals surface area contributed by atoms with Gasteiger partial charge in [0.15, 0.2) is 0 Å². The van der Waals surface area contributed by atoms with E-state index in [0.29, 0.717) is 0 Å². The van der Waals surface area contributed by atoms with Crippen molar-refractivity contribution in [2.45, 2.75) is 115 Å². The lowest BCUT2D eigenvalue weighted by Gasteiger charge is -2.44. The zero-order valence-corrected chi connectivity index (χ0v) is 24.8. The van der Waals surface area contributed by atoms with E-state index < -0.39 is 127 Å². The summed E-state index contributed by atoms with van der Waals surface area (Å²) < 4.78 is 456. The summed E-state index contributed by atoms with van der Waals surface area (Å²) in [4.78, 5) is 0. The van der Waals surface area contributed by atoms with Crippen LogP contribution < -0.4 is 0 Å². The summed E-state index contributed by atoms with van der Waals surface area (Å²) in [6, 6.07) is 0. The molecule has 0 saturated heterocycles. The summed E-state index contributed by atoms with van der Waals surface area (Å²) in [6.45, 7) is 2.27. The molecule has 0 aliphatic carbocycles. The summed E-state index contributed by atoms with van der Waals surface area (Å²) in [5, 5.41) is 0. The predicted molar refractivity (Wildman–Crippen MR) is 109 cm³/mol. The second-order valence-electron chi connectivity index (χ2n) is 11.1. The van der Waals surface area contributed by atoms with Crippen LogP contribution >= 0.6 is 0 Å². The Morgan fingerprint density at radius 1 is 0.268 bits per heavy atom. The van der Waals surface area contributed by atoms with Crippen molar-refractivity contribution in [3.63, 3.8) is 0 Å². The van der Waals surface area contributed by atoms with Gasteiger partial charge in [0.2, 0.25) is 0 Å². The van der Waals surface area contributed by atoms with E-state index in [4.69, 9.17) is 0 Å². The van der Waals surface area contributed by atoms with Crippen molar-refractivity contribution < 1.29 is 149 Å². The molecule has 0 spiro atoms. The highest BCUT2D eigenvalue weighted by Crippen LogP contribution is 2.67. The van der Waals surface area contributed by atoms with Crippen molar-refractivity contribution in [3.8, 4) is 0 Å². The van der Waals surface area contributed by atoms with E-state index in [9.17, 15) is 149 Å². The van der Waals surface area contributed by atoms with Crippen molar-refractivity contribution >= 4 is 0 Å². The van der Waals surface area contributed by atoms with Gasteiger partial charge in [0.05, 0.1) is 0 Å². The van der Waals surface area contributed by atoms with Crippen molar-refractivity contribution in [3.05, 3.63) is 12.7 Å². The molecule has 0 aromatic carbocycles. The van der Waals surface area contributed by atoms with E-state index in [1.54, 1.807) is 0 Å². The molecule has 0 heterocycles. The molecule has 0 fully saturated rings. The molecule has 0 atom stereocenters. The van der Waals surface area contributed by atoms with Crippen LogP contribution in [-0.2, 0) is 0 Å². The monoisotopic (exact) mass is 920 g/mol. The van der Waals surface area contributed by atoms with Gasteiger partial charge in [0, 0.05) is 12.8 Å². The average Bonchev–Trinajstić information content (AvgIpc) is 2.94. The topological polar surface area (TPSA) is 0 Å². The molecule has 0 aliphatic rings. The van der Waals surface area contributed by atoms with Gasteiger partial charge in [-0.3, -0.25) is 0 Å². The molecular formula is C22H10F34. The lowest BCUT2D eigenvalue weighted by atomic mass is 9.82. The van der Waals surface area contributed by atoms with Crippen LogP contribution in [0.3, 0.4) is 0 Å². The van der Waals surface area contributed by atoms with E-state index in [-0.39, 0.29) is 0 Å². The van der Waals surface area contributed by atoms with Crippen LogP contribution in [-0.4, -0.2) is 95.3 Å². The van der Waals surface area contributed by atoms with E-state index in [1.807, 2.05) is 0 Å². The number of rotatable bonds is 18. The van der Waals surface area contributed by atoms with Gasteiger partial charge in [-0.15, -0.1) is 6.58 Å². The third-order valence-electron chi connectivity index (χ3n) is 7.16. The average molecular weight is 920 g/mol. The number of allylic oxidation sites excluding steroid dienone is 1. The molecule has 0 amide bonds. The van der Waals surface area contributed by atoms with E-state index in [1.165, 1.54) is 0 Å². The molecule has 0 aliphatic heterocycles. The quantitative estimate of drug-likeness (QED) is 0.0949. The van der Waals surface area contributed by atoms with E-state index >= 15 is 0 Å². The Hall–Kier alpha value is -2.64. The first kappa shape index (κ1) is 53.4. The summed E-state index contributed by atoms with van der Waals surface area (Å²) >= 11 is 0. The second kappa shape index (κ2) is 13.7. The summed E-state index contributed by atoms with van der Waals surface area (Å²) in [6.07, 6.45) is -27.6. The summed E-state index contributed by atoms with van der Waals surface area (Å²) in [5.41, 5.74) is 0. The van der Waals surface area contributed by atoms with Gasteiger partial charge in [-0.1, -0.05) is 6.08 Å². The number of alkyl halides is 34. The van der Waals surface area contributed by atoms with E-state index in [0.717, 1.165) is 0 Å². The highest BCUT2D eigenvalue weighted by molar-refractivity contribution is 5.17. The molecule has 0 aromatic rings. The summed E-state index contributed by atoms with van der Waals surface area (Å²) in [7, 11) is 0. The standard InChI is InChI=1S/C22H10F34/c1-2-3-6(4-7(23,24)9(27,28)11(31,32)13(35,36)15(39,40)17(43,44)19(47,48)21(51,52)53)5-8(25,26)10(29,30)12(33,34)14(37,38)16(41,42)18(45,46)20(49,50)22(54,55)56/h2,6H,1,3-5H2. The first-order chi connectivity index (χ1) is 23.6. The SMILES string of the molecule is C=CCC(CC(F)(F)C(F)(F)C(F)(F)C(F)(F)C(F)(F)C(F)(F)C(F)(F)C(F)(F)F)CC(F)(F)C(F)(F)C(F)(F)C(F)(F)C(F)(F)C(F)(F)C(F)(F)C(F)(F)F. The van der Waals surface area contributed by atoms with Crippen LogP contribution in [0, 0.1) is 5.92 Å². The van der Waals surface area contributed by atoms with Gasteiger partial charge >= 0.3 is 95.3 Å². The molecule has 0 rings (SSSR count). The molecule has 336 valence electrons. The molecular weight excluding hydrogens is 910 g/mol. The minimum absolute atomic E-state index is 0.422. The van der Waals surface area contributed by atoms with Gasteiger partial charge in [0.1, 0.15) is 0 Å². The highest BCUT2D eigenvalue weighted by Gasteiger charge is 2.97. The smallest absolute Gasteiger partial charge is 0.200 e. The lowest BCUT2D eigenvalue weighted by molar-refractivity contribution is -0.463. The molecule has 0 bridgehead atoms. The zero-order valence-electron chi connectivity index (χ0n) is 24.8. The maximum atomic E-state index is 14.3. The van der Waals surface area contributed by atoms with Crippen LogP contribution in [0.2, 0.25) is 0 Å². The number of hydrogen-bond donors (Lipinski definition) is 0. The third kappa shape index (κ3) is 7.01. The first-order valence-corrected chi connectivity index (χ1v) is 12.7. The van der Waals surface area contributed by atoms with Crippen LogP contribution in [0.1, 0.15) is 19.3 Å². The number of halogens is 34. The van der Waals surface area contributed by atoms with Gasteiger partial charge in [-0.25, -0.2) is 0 Å². The van der Waals surface area contributed by atoms with Gasteiger partial charge in [0.25, 0.3) is 0 Å². The maximum absolute atomic E-state index is 14.3. The Labute approximate surface area is 283 Å². The lowest BCUT2D eigenvalue weighted by Crippen LogP contribution is -2.74. The molecule has 0 saturated carbocycles. The van der Waals surface area contributed by atoms with Crippen molar-refractivity contribution in [2.75, 3.05) is 0 Å². The van der Waals surface area contributed by atoms with Crippen LogP contribution in [0.4, 0.5) is 149 Å². The number of hydrogen-bond acceptors (Lipinski definition) is 0. The largest absolute Gasteiger partial charge is 0.460 e. The normalized spacial score (nSPS) is 16.8. The summed E-state index contributed by atoms with van der Waals surface area (Å²) in [5.74, 6) is -128. The molecule has 0 aromatic heterocycles. The minimum Gasteiger partial charge on any atom is -0.200 e. The third-order valence-corrected chi connectivity index (χ3v) is 7.16. The Balaban J connectivity index is 7.25. The fourth-order valence-corrected chi connectivity index (χ4v) is 3.85. The van der Waals surface area contributed by atoms with Gasteiger partial charge in [-0.05, 0) is 12.3 Å². The zero-order chi connectivity index (χ0) is 46.4. The molecule has 0 unspecified atom stereocenters. The maximum Gasteiger partial charge on any atom is 0.460 e. The van der Waals surface area contributed by atoms with Crippen molar-refractivity contribution in [1.82, 2.24) is 0 Å². The fraction of sp³-hybridized carbons (Fsp3) is 0.909. The minimum atomic E-state index is -9.31. The van der Waals surface area contributed by atoms with Gasteiger partial charge in [-0.2, -0.15) is 149 Å².